The van der Waals surface area contributed by atoms with Crippen LogP contribution in [0, 0.1) is 11.7 Å². The van der Waals surface area contributed by atoms with Crippen LogP contribution in [0.3, 0.4) is 0 Å². The number of amides is 2. The van der Waals surface area contributed by atoms with Crippen LogP contribution in [0.25, 0.3) is 0 Å². The van der Waals surface area contributed by atoms with E-state index in [4.69, 9.17) is 11.6 Å². The summed E-state index contributed by atoms with van der Waals surface area (Å²) in [5.41, 5.74) is 0.734. The number of rotatable bonds is 4. The molecule has 1 aliphatic heterocycles. The first-order valence-corrected chi connectivity index (χ1v) is 8.92. The van der Waals surface area contributed by atoms with Gasteiger partial charge in [0.1, 0.15) is 5.82 Å². The Morgan fingerprint density at radius 3 is 2.52 bits per heavy atom. The van der Waals surface area contributed by atoms with Gasteiger partial charge in [-0.3, -0.25) is 9.59 Å². The third-order valence-electron chi connectivity index (χ3n) is 4.49. The third-order valence-corrected chi connectivity index (χ3v) is 4.78. The standard InChI is InChI=1S/C18H19ClFN5O2/c1-21-18(27)15-4-5-16(24-23-15)25-8-6-11(7-9-25)17(26)22-12-2-3-14(20)13(19)10-12/h2-5,10-11H,6-9H2,1H3,(H,21,27)(H,22,26). The molecule has 0 spiro atoms. The van der Waals surface area contributed by atoms with Crippen LogP contribution < -0.4 is 15.5 Å². The van der Waals surface area contributed by atoms with Crippen molar-refractivity contribution in [1.29, 1.82) is 0 Å². The Hall–Kier alpha value is -2.74. The van der Waals surface area contributed by atoms with E-state index < -0.39 is 5.82 Å². The quantitative estimate of drug-likeness (QED) is 0.836. The number of benzene rings is 1. The van der Waals surface area contributed by atoms with Gasteiger partial charge >= 0.3 is 0 Å². The fourth-order valence-electron chi connectivity index (χ4n) is 2.93. The number of carbonyl (C=O) groups is 2. The van der Waals surface area contributed by atoms with E-state index in [1.807, 2.05) is 4.90 Å². The highest BCUT2D eigenvalue weighted by molar-refractivity contribution is 6.31. The summed E-state index contributed by atoms with van der Waals surface area (Å²) < 4.78 is 13.2. The van der Waals surface area contributed by atoms with Gasteiger partial charge in [-0.05, 0) is 43.2 Å². The summed E-state index contributed by atoms with van der Waals surface area (Å²) in [5.74, 6) is -0.398. The Kier molecular flexibility index (Phi) is 5.85. The minimum Gasteiger partial charge on any atom is -0.355 e. The van der Waals surface area contributed by atoms with E-state index in [1.54, 1.807) is 12.1 Å². The number of halogens is 2. The van der Waals surface area contributed by atoms with E-state index >= 15 is 0 Å². The fraction of sp³-hybridized carbons (Fsp3) is 0.333. The lowest BCUT2D eigenvalue weighted by Gasteiger charge is -2.31. The first-order valence-electron chi connectivity index (χ1n) is 8.54. The molecular weight excluding hydrogens is 373 g/mol. The van der Waals surface area contributed by atoms with Crippen LogP contribution in [-0.2, 0) is 4.79 Å². The number of nitrogens with one attached hydrogen (secondary N) is 2. The highest BCUT2D eigenvalue weighted by Crippen LogP contribution is 2.24. The molecule has 0 saturated carbocycles. The molecule has 3 rings (SSSR count). The molecular formula is C18H19ClFN5O2. The van der Waals surface area contributed by atoms with Crippen molar-refractivity contribution in [1.82, 2.24) is 15.5 Å². The maximum Gasteiger partial charge on any atom is 0.271 e. The number of aromatic nitrogens is 2. The van der Waals surface area contributed by atoms with Gasteiger partial charge in [-0.15, -0.1) is 10.2 Å². The van der Waals surface area contributed by atoms with Crippen molar-refractivity contribution in [2.75, 3.05) is 30.4 Å². The molecule has 1 aromatic carbocycles. The van der Waals surface area contributed by atoms with Crippen LogP contribution >= 0.6 is 11.6 Å². The maximum absolute atomic E-state index is 13.2. The molecule has 0 aliphatic carbocycles. The number of hydrogen-bond acceptors (Lipinski definition) is 5. The number of piperidine rings is 1. The topological polar surface area (TPSA) is 87.2 Å². The lowest BCUT2D eigenvalue weighted by molar-refractivity contribution is -0.120. The van der Waals surface area contributed by atoms with Gasteiger partial charge in [0.15, 0.2) is 11.5 Å². The Balaban J connectivity index is 1.55. The van der Waals surface area contributed by atoms with Crippen LogP contribution in [0.1, 0.15) is 23.3 Å². The molecule has 1 aromatic heterocycles. The molecule has 1 saturated heterocycles. The van der Waals surface area contributed by atoms with Crippen LogP contribution in [-0.4, -0.2) is 42.1 Å². The van der Waals surface area contributed by atoms with Crippen LogP contribution in [0.5, 0.6) is 0 Å². The molecule has 2 aromatic rings. The van der Waals surface area contributed by atoms with Gasteiger partial charge in [0.2, 0.25) is 5.91 Å². The second-order valence-electron chi connectivity index (χ2n) is 6.24. The highest BCUT2D eigenvalue weighted by Gasteiger charge is 2.26. The van der Waals surface area contributed by atoms with Crippen LogP contribution in [0.4, 0.5) is 15.9 Å². The number of hydrogen-bond donors (Lipinski definition) is 2. The van der Waals surface area contributed by atoms with Crippen molar-refractivity contribution in [2.24, 2.45) is 5.92 Å². The van der Waals surface area contributed by atoms with E-state index in [1.165, 1.54) is 25.2 Å². The van der Waals surface area contributed by atoms with Gasteiger partial charge in [-0.1, -0.05) is 11.6 Å². The molecule has 9 heteroatoms. The second-order valence-corrected chi connectivity index (χ2v) is 6.64. The predicted octanol–water partition coefficient (Wildman–Crippen LogP) is 2.48. The highest BCUT2D eigenvalue weighted by atomic mass is 35.5. The van der Waals surface area contributed by atoms with Gasteiger partial charge in [0, 0.05) is 31.7 Å². The molecule has 2 heterocycles. The smallest absolute Gasteiger partial charge is 0.271 e. The molecule has 0 radical (unpaired) electrons. The van der Waals surface area contributed by atoms with E-state index in [0.717, 1.165) is 0 Å². The van der Waals surface area contributed by atoms with E-state index in [9.17, 15) is 14.0 Å². The molecule has 27 heavy (non-hydrogen) atoms. The normalized spacial score (nSPS) is 14.7. The molecule has 0 atom stereocenters. The van der Waals surface area contributed by atoms with Crippen molar-refractivity contribution >= 4 is 34.9 Å². The Morgan fingerprint density at radius 1 is 1.19 bits per heavy atom. The minimum absolute atomic E-state index is 0.0265. The zero-order valence-corrected chi connectivity index (χ0v) is 15.5. The summed E-state index contributed by atoms with van der Waals surface area (Å²) in [5, 5.41) is 13.3. The number of carbonyl (C=O) groups excluding carboxylic acids is 2. The molecule has 1 aliphatic rings. The van der Waals surface area contributed by atoms with E-state index in [2.05, 4.69) is 20.8 Å². The first-order chi connectivity index (χ1) is 13.0. The lowest BCUT2D eigenvalue weighted by Crippen LogP contribution is -2.38. The van der Waals surface area contributed by atoms with Crippen molar-refractivity contribution in [3.63, 3.8) is 0 Å². The molecule has 2 amide bonds. The first kappa shape index (κ1) is 19.0. The van der Waals surface area contributed by atoms with Crippen molar-refractivity contribution in [3.8, 4) is 0 Å². The second kappa shape index (κ2) is 8.30. The van der Waals surface area contributed by atoms with Gasteiger partial charge in [-0.2, -0.15) is 0 Å². The monoisotopic (exact) mass is 391 g/mol. The van der Waals surface area contributed by atoms with Crippen LogP contribution in [0.15, 0.2) is 30.3 Å². The van der Waals surface area contributed by atoms with Gasteiger partial charge in [0.05, 0.1) is 5.02 Å². The lowest BCUT2D eigenvalue weighted by atomic mass is 9.96. The van der Waals surface area contributed by atoms with Gasteiger partial charge in [0.25, 0.3) is 5.91 Å². The molecule has 1 fully saturated rings. The molecule has 142 valence electrons. The van der Waals surface area contributed by atoms with Crippen LogP contribution in [0.2, 0.25) is 5.02 Å². The number of nitrogens with zero attached hydrogens (tertiary/aromatic N) is 3. The summed E-state index contributed by atoms with van der Waals surface area (Å²) in [7, 11) is 1.54. The maximum atomic E-state index is 13.2. The fourth-order valence-corrected chi connectivity index (χ4v) is 3.11. The van der Waals surface area contributed by atoms with Gasteiger partial charge in [-0.25, -0.2) is 4.39 Å². The summed E-state index contributed by atoms with van der Waals surface area (Å²) >= 11 is 5.74. The SMILES string of the molecule is CNC(=O)c1ccc(N2CCC(C(=O)Nc3ccc(F)c(Cl)c3)CC2)nn1. The van der Waals surface area contributed by atoms with E-state index in [-0.39, 0.29) is 28.4 Å². The summed E-state index contributed by atoms with van der Waals surface area (Å²) in [6.45, 7) is 1.30. The van der Waals surface area contributed by atoms with Crippen molar-refractivity contribution in [2.45, 2.75) is 12.8 Å². The Bertz CT molecular complexity index is 838. The summed E-state index contributed by atoms with van der Waals surface area (Å²) in [6.07, 6.45) is 1.30. The largest absolute Gasteiger partial charge is 0.355 e. The molecule has 2 N–H and O–H groups in total. The van der Waals surface area contributed by atoms with Crippen molar-refractivity contribution in [3.05, 3.63) is 46.9 Å². The third kappa shape index (κ3) is 4.51. The molecule has 0 unspecified atom stereocenters. The zero-order valence-electron chi connectivity index (χ0n) is 14.7. The predicted molar refractivity (Wildman–Crippen MR) is 100 cm³/mol. The average molecular weight is 392 g/mol. The molecule has 7 nitrogen and oxygen atoms in total. The van der Waals surface area contributed by atoms with Crippen molar-refractivity contribution < 1.29 is 14.0 Å². The Labute approximate surface area is 160 Å². The minimum atomic E-state index is -0.522. The molecule has 0 bridgehead atoms. The summed E-state index contributed by atoms with van der Waals surface area (Å²) in [6, 6.07) is 7.48. The zero-order chi connectivity index (χ0) is 19.4. The Morgan fingerprint density at radius 2 is 1.93 bits per heavy atom. The average Bonchev–Trinajstić information content (AvgIpc) is 2.70. The van der Waals surface area contributed by atoms with E-state index in [0.29, 0.717) is 37.4 Å². The number of anilines is 2. The van der Waals surface area contributed by atoms with Gasteiger partial charge < -0.3 is 15.5 Å². The summed E-state index contributed by atoms with van der Waals surface area (Å²) in [4.78, 5) is 26.0.